The maximum Gasteiger partial charge on any atom is 0.138 e. The Labute approximate surface area is 149 Å². The summed E-state index contributed by atoms with van der Waals surface area (Å²) in [5.41, 5.74) is 4.75. The van der Waals surface area contributed by atoms with E-state index in [1.54, 1.807) is 32.4 Å². The van der Waals surface area contributed by atoms with E-state index in [2.05, 4.69) is 25.2 Å². The van der Waals surface area contributed by atoms with E-state index < -0.39 is 0 Å². The van der Waals surface area contributed by atoms with E-state index >= 15 is 0 Å². The predicted octanol–water partition coefficient (Wildman–Crippen LogP) is 4.83. The number of aromatic hydroxyl groups is 2. The summed E-state index contributed by atoms with van der Waals surface area (Å²) in [6.45, 7) is 4.11. The molecular formula is C21H25NO3. The van der Waals surface area contributed by atoms with Gasteiger partial charge in [-0.2, -0.15) is 0 Å². The Balaban J connectivity index is 2.43. The highest BCUT2D eigenvalue weighted by molar-refractivity contribution is 5.75. The van der Waals surface area contributed by atoms with Gasteiger partial charge in [0.05, 0.1) is 12.8 Å². The molecule has 0 amide bonds. The number of hydrogen-bond donors (Lipinski definition) is 3. The Hall–Kier alpha value is -2.88. The number of phenolic OH excluding ortho intramolecular Hbond substituents is 2. The number of methoxy groups -OCH3 is 1. The highest BCUT2D eigenvalue weighted by Crippen LogP contribution is 2.31. The number of nitrogens with one attached hydrogen (secondary N) is 1. The average Bonchev–Trinajstić information content (AvgIpc) is 2.59. The third-order valence-electron chi connectivity index (χ3n) is 3.91. The van der Waals surface area contributed by atoms with Crippen LogP contribution in [0.1, 0.15) is 30.5 Å². The fourth-order valence-corrected chi connectivity index (χ4v) is 2.55. The lowest BCUT2D eigenvalue weighted by molar-refractivity contribution is 0.403. The number of anilines is 1. The molecule has 0 aliphatic carbocycles. The summed E-state index contributed by atoms with van der Waals surface area (Å²) in [6.07, 6.45) is 6.75. The van der Waals surface area contributed by atoms with Crippen LogP contribution < -0.4 is 10.1 Å². The van der Waals surface area contributed by atoms with Gasteiger partial charge in [-0.3, -0.25) is 0 Å². The molecule has 0 saturated carbocycles. The van der Waals surface area contributed by atoms with E-state index in [9.17, 15) is 10.2 Å². The number of phenols is 2. The van der Waals surface area contributed by atoms with Gasteiger partial charge in [-0.25, -0.2) is 0 Å². The van der Waals surface area contributed by atoms with Gasteiger partial charge in [0.2, 0.25) is 0 Å². The zero-order chi connectivity index (χ0) is 18.4. The van der Waals surface area contributed by atoms with Crippen molar-refractivity contribution in [1.29, 1.82) is 0 Å². The molecule has 25 heavy (non-hydrogen) atoms. The van der Waals surface area contributed by atoms with Crippen molar-refractivity contribution in [2.45, 2.75) is 20.3 Å². The lowest BCUT2D eigenvalue weighted by atomic mass is 10.00. The van der Waals surface area contributed by atoms with E-state index in [-0.39, 0.29) is 11.5 Å². The Morgan fingerprint density at radius 1 is 1.12 bits per heavy atom. The lowest BCUT2D eigenvalue weighted by Gasteiger charge is -2.12. The second-order valence-corrected chi connectivity index (χ2v) is 6.06. The van der Waals surface area contributed by atoms with Crippen molar-refractivity contribution in [1.82, 2.24) is 0 Å². The minimum atomic E-state index is 0.166. The predicted molar refractivity (Wildman–Crippen MR) is 104 cm³/mol. The maximum absolute atomic E-state index is 9.97. The first-order valence-electron chi connectivity index (χ1n) is 8.16. The van der Waals surface area contributed by atoms with E-state index in [1.807, 2.05) is 24.3 Å². The molecule has 2 rings (SSSR count). The highest BCUT2D eigenvalue weighted by atomic mass is 16.5. The van der Waals surface area contributed by atoms with Crippen LogP contribution in [0.4, 0.5) is 5.69 Å². The first-order chi connectivity index (χ1) is 11.9. The molecule has 0 fully saturated rings. The number of hydrogen-bond acceptors (Lipinski definition) is 4. The SMILES string of the molecule is CNc1cc(C=Cc2cc(O)cc(OC)c2CC=C(C)C)ccc1O. The van der Waals surface area contributed by atoms with Gasteiger partial charge in [-0.1, -0.05) is 29.9 Å². The van der Waals surface area contributed by atoms with Crippen LogP contribution in [0.3, 0.4) is 0 Å². The topological polar surface area (TPSA) is 61.7 Å². The molecule has 0 aromatic heterocycles. The monoisotopic (exact) mass is 339 g/mol. The quantitative estimate of drug-likeness (QED) is 0.401. The van der Waals surface area contributed by atoms with Gasteiger partial charge in [0.15, 0.2) is 0 Å². The van der Waals surface area contributed by atoms with Crippen molar-refractivity contribution in [3.8, 4) is 17.2 Å². The molecule has 0 heterocycles. The largest absolute Gasteiger partial charge is 0.508 e. The first-order valence-corrected chi connectivity index (χ1v) is 8.16. The van der Waals surface area contributed by atoms with Crippen molar-refractivity contribution in [3.05, 3.63) is 58.7 Å². The van der Waals surface area contributed by atoms with Crippen molar-refractivity contribution in [3.63, 3.8) is 0 Å². The van der Waals surface area contributed by atoms with Crippen LogP contribution in [0.25, 0.3) is 12.2 Å². The smallest absolute Gasteiger partial charge is 0.138 e. The van der Waals surface area contributed by atoms with Crippen LogP contribution in [-0.2, 0) is 6.42 Å². The van der Waals surface area contributed by atoms with Crippen LogP contribution in [0.5, 0.6) is 17.2 Å². The molecule has 3 N–H and O–H groups in total. The molecule has 0 aliphatic rings. The number of rotatable bonds is 6. The standard InChI is InChI=1S/C21H25NO3/c1-14(2)5-9-18-16(12-17(23)13-21(18)25-4)8-6-15-7-10-20(24)19(11-15)22-3/h5-8,10-13,22-24H,9H2,1-4H3. The first kappa shape index (κ1) is 18.5. The minimum Gasteiger partial charge on any atom is -0.508 e. The maximum atomic E-state index is 9.97. The average molecular weight is 339 g/mol. The molecule has 0 aliphatic heterocycles. The molecule has 0 atom stereocenters. The number of ether oxygens (including phenoxy) is 1. The minimum absolute atomic E-state index is 0.166. The van der Waals surface area contributed by atoms with E-state index in [0.717, 1.165) is 23.1 Å². The molecule has 0 radical (unpaired) electrons. The Kier molecular flexibility index (Phi) is 6.12. The Morgan fingerprint density at radius 2 is 1.88 bits per heavy atom. The Morgan fingerprint density at radius 3 is 2.52 bits per heavy atom. The Bertz CT molecular complexity index is 803. The van der Waals surface area contributed by atoms with Gasteiger partial charge in [0.25, 0.3) is 0 Å². The van der Waals surface area contributed by atoms with Gasteiger partial charge in [-0.05, 0) is 49.6 Å². The molecule has 0 saturated heterocycles. The molecule has 4 nitrogen and oxygen atoms in total. The third kappa shape index (κ3) is 4.80. The zero-order valence-corrected chi connectivity index (χ0v) is 15.1. The summed E-state index contributed by atoms with van der Waals surface area (Å²) in [4.78, 5) is 0. The second kappa shape index (κ2) is 8.29. The van der Waals surface area contributed by atoms with Crippen molar-refractivity contribution >= 4 is 17.8 Å². The molecule has 132 valence electrons. The summed E-state index contributed by atoms with van der Waals surface area (Å²) in [5, 5.41) is 22.7. The van der Waals surface area contributed by atoms with Gasteiger partial charge >= 0.3 is 0 Å². The summed E-state index contributed by atoms with van der Waals surface area (Å²) < 4.78 is 5.44. The molecule has 4 heteroatoms. The van der Waals surface area contributed by atoms with E-state index in [0.29, 0.717) is 11.4 Å². The number of allylic oxidation sites excluding steroid dienone is 2. The van der Waals surface area contributed by atoms with Gasteiger partial charge in [-0.15, -0.1) is 0 Å². The lowest BCUT2D eigenvalue weighted by Crippen LogP contribution is -1.95. The van der Waals surface area contributed by atoms with Crippen LogP contribution in [0, 0.1) is 0 Å². The van der Waals surface area contributed by atoms with Crippen LogP contribution in [0.15, 0.2) is 42.0 Å². The second-order valence-electron chi connectivity index (χ2n) is 6.06. The molecular weight excluding hydrogens is 314 g/mol. The summed E-state index contributed by atoms with van der Waals surface area (Å²) in [7, 11) is 3.37. The fourth-order valence-electron chi connectivity index (χ4n) is 2.55. The van der Waals surface area contributed by atoms with Crippen LogP contribution >= 0.6 is 0 Å². The summed E-state index contributed by atoms with van der Waals surface area (Å²) >= 11 is 0. The third-order valence-corrected chi connectivity index (χ3v) is 3.91. The van der Waals surface area contributed by atoms with Crippen LogP contribution in [-0.4, -0.2) is 24.4 Å². The van der Waals surface area contributed by atoms with Crippen molar-refractivity contribution in [2.75, 3.05) is 19.5 Å². The van der Waals surface area contributed by atoms with Crippen LogP contribution in [0.2, 0.25) is 0 Å². The van der Waals surface area contributed by atoms with E-state index in [4.69, 9.17) is 4.74 Å². The normalized spacial score (nSPS) is 10.7. The van der Waals surface area contributed by atoms with Crippen molar-refractivity contribution in [2.24, 2.45) is 0 Å². The zero-order valence-electron chi connectivity index (χ0n) is 15.1. The van der Waals surface area contributed by atoms with Gasteiger partial charge in [0.1, 0.15) is 17.2 Å². The van der Waals surface area contributed by atoms with E-state index in [1.165, 1.54) is 5.57 Å². The summed E-state index contributed by atoms with van der Waals surface area (Å²) in [5.74, 6) is 1.04. The molecule has 2 aromatic rings. The van der Waals surface area contributed by atoms with Gasteiger partial charge < -0.3 is 20.3 Å². The highest BCUT2D eigenvalue weighted by Gasteiger charge is 2.09. The van der Waals surface area contributed by atoms with Crippen molar-refractivity contribution < 1.29 is 14.9 Å². The summed E-state index contributed by atoms with van der Waals surface area (Å²) in [6, 6.07) is 8.71. The van der Waals surface area contributed by atoms with Gasteiger partial charge in [0, 0.05) is 18.7 Å². The fraction of sp³-hybridized carbons (Fsp3) is 0.238. The molecule has 2 aromatic carbocycles. The number of benzene rings is 2. The molecule has 0 unspecified atom stereocenters. The molecule has 0 bridgehead atoms. The molecule has 0 spiro atoms.